The first-order valence-corrected chi connectivity index (χ1v) is 6.71. The van der Waals surface area contributed by atoms with Crippen LogP contribution in [0.3, 0.4) is 0 Å². The Kier molecular flexibility index (Phi) is 3.55. The van der Waals surface area contributed by atoms with E-state index in [1.165, 1.54) is 0 Å². The lowest BCUT2D eigenvalue weighted by molar-refractivity contribution is 0.117. The molecule has 0 radical (unpaired) electrons. The van der Waals surface area contributed by atoms with Gasteiger partial charge in [-0.2, -0.15) is 0 Å². The second-order valence-electron chi connectivity index (χ2n) is 4.72. The molecule has 0 saturated carbocycles. The molecule has 2 unspecified atom stereocenters. The molecule has 2 aromatic rings. The summed E-state index contributed by atoms with van der Waals surface area (Å²) in [6.07, 6.45) is 3.03. The lowest BCUT2D eigenvalue weighted by Gasteiger charge is -2.07. The van der Waals surface area contributed by atoms with Crippen LogP contribution in [-0.4, -0.2) is 29.7 Å². The minimum absolute atomic E-state index is 0.223. The summed E-state index contributed by atoms with van der Waals surface area (Å²) in [5, 5.41) is 4.13. The van der Waals surface area contributed by atoms with E-state index < -0.39 is 0 Å². The molecule has 19 heavy (non-hydrogen) atoms. The fraction of sp³-hybridized carbons (Fsp3) is 0.357. The fourth-order valence-electron chi connectivity index (χ4n) is 2.42. The Morgan fingerprint density at radius 1 is 1.37 bits per heavy atom. The van der Waals surface area contributed by atoms with Gasteiger partial charge in [0.25, 0.3) is 0 Å². The summed E-state index contributed by atoms with van der Waals surface area (Å²) >= 11 is 6.19. The van der Waals surface area contributed by atoms with Gasteiger partial charge in [0.2, 0.25) is 0 Å². The van der Waals surface area contributed by atoms with Gasteiger partial charge in [0.05, 0.1) is 24.0 Å². The molecule has 0 amide bonds. The first kappa shape index (κ1) is 12.7. The van der Waals surface area contributed by atoms with Crippen molar-refractivity contribution < 1.29 is 4.74 Å². The van der Waals surface area contributed by atoms with E-state index in [2.05, 4.69) is 15.3 Å². The monoisotopic (exact) mass is 277 g/mol. The summed E-state index contributed by atoms with van der Waals surface area (Å²) in [7, 11) is 1.74. The lowest BCUT2D eigenvalue weighted by Crippen LogP contribution is -2.16. The average molecular weight is 278 g/mol. The Bertz CT molecular complexity index is 569. The highest BCUT2D eigenvalue weighted by Crippen LogP contribution is 2.28. The van der Waals surface area contributed by atoms with Crippen molar-refractivity contribution in [2.45, 2.75) is 18.6 Å². The Hall–Kier alpha value is -1.36. The Balaban J connectivity index is 1.82. The molecule has 3 rings (SSSR count). The summed E-state index contributed by atoms with van der Waals surface area (Å²) in [5.74, 6) is 0.939. The number of hydrogen-bond donors (Lipinski definition) is 2. The summed E-state index contributed by atoms with van der Waals surface area (Å²) < 4.78 is 5.35. The van der Waals surface area contributed by atoms with Gasteiger partial charge in [-0.05, 0) is 12.5 Å². The minimum atomic E-state index is 0.223. The highest BCUT2D eigenvalue weighted by molar-refractivity contribution is 6.33. The van der Waals surface area contributed by atoms with Gasteiger partial charge in [0, 0.05) is 24.2 Å². The van der Waals surface area contributed by atoms with Crippen molar-refractivity contribution in [1.82, 2.24) is 15.3 Å². The van der Waals surface area contributed by atoms with Crippen molar-refractivity contribution in [3.63, 3.8) is 0 Å². The smallest absolute Gasteiger partial charge is 0.123 e. The van der Waals surface area contributed by atoms with E-state index in [1.54, 1.807) is 7.11 Å². The van der Waals surface area contributed by atoms with Crippen molar-refractivity contribution in [3.05, 3.63) is 41.3 Å². The largest absolute Gasteiger partial charge is 0.380 e. The highest BCUT2D eigenvalue weighted by Gasteiger charge is 2.27. The number of benzene rings is 1. The average Bonchev–Trinajstić information content (AvgIpc) is 3.08. The molecule has 2 N–H and O–H groups in total. The molecule has 2 heterocycles. The molecule has 4 nitrogen and oxygen atoms in total. The zero-order valence-corrected chi connectivity index (χ0v) is 11.4. The second-order valence-corrected chi connectivity index (χ2v) is 5.12. The molecule has 1 aromatic carbocycles. The van der Waals surface area contributed by atoms with Crippen LogP contribution in [0.1, 0.15) is 18.3 Å². The molecule has 1 aromatic heterocycles. The van der Waals surface area contributed by atoms with Gasteiger partial charge in [-0.25, -0.2) is 4.98 Å². The Labute approximate surface area is 117 Å². The van der Waals surface area contributed by atoms with Crippen molar-refractivity contribution in [3.8, 4) is 11.3 Å². The number of hydrogen-bond acceptors (Lipinski definition) is 3. The van der Waals surface area contributed by atoms with Gasteiger partial charge in [-0.1, -0.05) is 29.8 Å². The minimum Gasteiger partial charge on any atom is -0.380 e. The van der Waals surface area contributed by atoms with Gasteiger partial charge < -0.3 is 15.0 Å². The van der Waals surface area contributed by atoms with Gasteiger partial charge in [-0.15, -0.1) is 0 Å². The summed E-state index contributed by atoms with van der Waals surface area (Å²) in [6.45, 7) is 0.864. The molecule has 5 heteroatoms. The summed E-state index contributed by atoms with van der Waals surface area (Å²) in [5.41, 5.74) is 1.92. The van der Waals surface area contributed by atoms with Crippen LogP contribution in [-0.2, 0) is 4.74 Å². The van der Waals surface area contributed by atoms with Crippen molar-refractivity contribution >= 4 is 11.6 Å². The number of imidazole rings is 1. The standard InChI is InChI=1S/C14H16ClN3O/c1-19-9-6-12(16-7-9)14-17-8-13(18-14)10-4-2-3-5-11(10)15/h2-5,8-9,12,16H,6-7H2,1H3,(H,17,18). The molecule has 1 aliphatic heterocycles. The number of nitrogens with zero attached hydrogens (tertiary/aromatic N) is 1. The molecular weight excluding hydrogens is 262 g/mol. The van der Waals surface area contributed by atoms with Gasteiger partial charge in [-0.3, -0.25) is 0 Å². The normalized spacial score (nSPS) is 22.8. The van der Waals surface area contributed by atoms with Crippen LogP contribution in [0.25, 0.3) is 11.3 Å². The van der Waals surface area contributed by atoms with Crippen molar-refractivity contribution in [1.29, 1.82) is 0 Å². The fourth-order valence-corrected chi connectivity index (χ4v) is 2.66. The van der Waals surface area contributed by atoms with Crippen molar-refractivity contribution in [2.24, 2.45) is 0 Å². The Morgan fingerprint density at radius 3 is 2.95 bits per heavy atom. The van der Waals surface area contributed by atoms with Crippen LogP contribution >= 0.6 is 11.6 Å². The third-order valence-electron chi connectivity index (χ3n) is 3.51. The second kappa shape index (κ2) is 5.33. The maximum Gasteiger partial charge on any atom is 0.123 e. The quantitative estimate of drug-likeness (QED) is 0.907. The van der Waals surface area contributed by atoms with E-state index in [1.807, 2.05) is 30.5 Å². The third-order valence-corrected chi connectivity index (χ3v) is 3.84. The predicted octanol–water partition coefficient (Wildman–Crippen LogP) is 2.78. The maximum atomic E-state index is 6.19. The van der Waals surface area contributed by atoms with E-state index in [0.717, 1.165) is 35.1 Å². The highest BCUT2D eigenvalue weighted by atomic mass is 35.5. The number of ether oxygens (including phenoxy) is 1. The number of halogens is 1. The van der Waals surface area contributed by atoms with Crippen molar-refractivity contribution in [2.75, 3.05) is 13.7 Å². The van der Waals surface area contributed by atoms with E-state index in [0.29, 0.717) is 0 Å². The first-order chi connectivity index (χ1) is 9.28. The zero-order valence-electron chi connectivity index (χ0n) is 10.7. The van der Waals surface area contributed by atoms with Crippen LogP contribution in [0.4, 0.5) is 0 Å². The summed E-state index contributed by atoms with van der Waals surface area (Å²) in [6, 6.07) is 7.98. The number of aromatic amines is 1. The molecule has 0 spiro atoms. The van der Waals surface area contributed by atoms with Crippen LogP contribution in [0.15, 0.2) is 30.5 Å². The molecule has 0 bridgehead atoms. The Morgan fingerprint density at radius 2 is 2.21 bits per heavy atom. The topological polar surface area (TPSA) is 49.9 Å². The van der Waals surface area contributed by atoms with Crippen LogP contribution < -0.4 is 5.32 Å². The number of methoxy groups -OCH3 is 1. The molecule has 0 aliphatic carbocycles. The molecular formula is C14H16ClN3O. The van der Waals surface area contributed by atoms with Gasteiger partial charge in [0.1, 0.15) is 5.82 Å². The number of H-pyrrole nitrogens is 1. The van der Waals surface area contributed by atoms with Gasteiger partial charge in [0.15, 0.2) is 0 Å². The summed E-state index contributed by atoms with van der Waals surface area (Å²) in [4.78, 5) is 7.80. The molecule has 100 valence electrons. The third kappa shape index (κ3) is 2.52. The zero-order chi connectivity index (χ0) is 13.2. The number of rotatable bonds is 3. The maximum absolute atomic E-state index is 6.19. The van der Waals surface area contributed by atoms with E-state index in [9.17, 15) is 0 Å². The van der Waals surface area contributed by atoms with Crippen LogP contribution in [0.2, 0.25) is 5.02 Å². The first-order valence-electron chi connectivity index (χ1n) is 6.34. The molecule has 1 fully saturated rings. The SMILES string of the molecule is COC1CNC(c2ncc(-c3ccccc3Cl)[nH]2)C1. The van der Waals surface area contributed by atoms with Gasteiger partial charge >= 0.3 is 0 Å². The van der Waals surface area contributed by atoms with E-state index >= 15 is 0 Å². The molecule has 1 aliphatic rings. The lowest BCUT2D eigenvalue weighted by atomic mass is 10.2. The number of nitrogens with one attached hydrogen (secondary N) is 2. The predicted molar refractivity (Wildman–Crippen MR) is 75.2 cm³/mol. The number of aromatic nitrogens is 2. The molecule has 1 saturated heterocycles. The van der Waals surface area contributed by atoms with Crippen LogP contribution in [0, 0.1) is 0 Å². The molecule has 2 atom stereocenters. The van der Waals surface area contributed by atoms with E-state index in [4.69, 9.17) is 16.3 Å². The van der Waals surface area contributed by atoms with E-state index in [-0.39, 0.29) is 12.1 Å². The van der Waals surface area contributed by atoms with Crippen LogP contribution in [0.5, 0.6) is 0 Å².